The fraction of sp³-hybridized carbons (Fsp3) is 0.172. The molecular weight excluding hydrogens is 472 g/mol. The van der Waals surface area contributed by atoms with Crippen LogP contribution in [0.2, 0.25) is 5.02 Å². The number of aromatic nitrogens is 1. The molecule has 1 aromatic heterocycles. The van der Waals surface area contributed by atoms with Crippen LogP contribution in [0.4, 0.5) is 5.69 Å². The molecule has 182 valence electrons. The van der Waals surface area contributed by atoms with Crippen LogP contribution in [0.5, 0.6) is 0 Å². The van der Waals surface area contributed by atoms with E-state index in [0.29, 0.717) is 38.6 Å². The zero-order valence-corrected chi connectivity index (χ0v) is 21.4. The van der Waals surface area contributed by atoms with Crippen molar-refractivity contribution < 1.29 is 9.59 Å². The fourth-order valence-corrected chi connectivity index (χ4v) is 3.75. The van der Waals surface area contributed by atoms with Crippen LogP contribution in [-0.2, 0) is 4.79 Å². The standard InChI is InChI=1S/C29H27ClN4O2/c1-18(19-13-15-21(16-14-19)31-28(36)29(2,3)4)33-34-27(35)23-17-25(20-9-6-5-7-10-20)32-26-22(23)11-8-12-24(26)30/h5-17H,1-4H3,(H,31,36)(H,34,35)/b33-18+. The summed E-state index contributed by atoms with van der Waals surface area (Å²) in [6.45, 7) is 7.39. The molecule has 0 aliphatic carbocycles. The maximum Gasteiger partial charge on any atom is 0.272 e. The molecule has 0 spiro atoms. The van der Waals surface area contributed by atoms with E-state index >= 15 is 0 Å². The number of halogens is 1. The number of fused-ring (bicyclic) bond motifs is 1. The highest BCUT2D eigenvalue weighted by molar-refractivity contribution is 6.35. The molecule has 0 aliphatic heterocycles. The second-order valence-corrected chi connectivity index (χ2v) is 9.88. The van der Waals surface area contributed by atoms with E-state index in [1.165, 1.54) is 0 Å². The average Bonchev–Trinajstić information content (AvgIpc) is 2.87. The van der Waals surface area contributed by atoms with Crippen molar-refractivity contribution in [3.8, 4) is 11.3 Å². The summed E-state index contributed by atoms with van der Waals surface area (Å²) in [7, 11) is 0. The van der Waals surface area contributed by atoms with Gasteiger partial charge in [0.15, 0.2) is 0 Å². The Balaban J connectivity index is 1.58. The van der Waals surface area contributed by atoms with Crippen LogP contribution in [-0.4, -0.2) is 22.5 Å². The first-order chi connectivity index (χ1) is 17.1. The van der Waals surface area contributed by atoms with Crippen molar-refractivity contribution in [2.45, 2.75) is 27.7 Å². The summed E-state index contributed by atoms with van der Waals surface area (Å²) < 4.78 is 0. The topological polar surface area (TPSA) is 83.4 Å². The molecule has 1 heterocycles. The first-order valence-electron chi connectivity index (χ1n) is 11.5. The van der Waals surface area contributed by atoms with Gasteiger partial charge in [0.2, 0.25) is 5.91 Å². The monoisotopic (exact) mass is 498 g/mol. The lowest BCUT2D eigenvalue weighted by Crippen LogP contribution is -2.27. The van der Waals surface area contributed by atoms with Crippen molar-refractivity contribution in [3.05, 3.63) is 95.0 Å². The predicted molar refractivity (Wildman–Crippen MR) is 146 cm³/mol. The van der Waals surface area contributed by atoms with Crippen molar-refractivity contribution in [1.29, 1.82) is 0 Å². The summed E-state index contributed by atoms with van der Waals surface area (Å²) in [5.41, 5.74) is 6.83. The number of para-hydroxylation sites is 1. The van der Waals surface area contributed by atoms with Gasteiger partial charge in [0.1, 0.15) is 0 Å². The molecule has 0 saturated carbocycles. The second-order valence-electron chi connectivity index (χ2n) is 9.48. The molecule has 0 saturated heterocycles. The summed E-state index contributed by atoms with van der Waals surface area (Å²) in [4.78, 5) is 30.1. The predicted octanol–water partition coefficient (Wildman–Crippen LogP) is 6.69. The first-order valence-corrected chi connectivity index (χ1v) is 11.9. The third-order valence-corrected chi connectivity index (χ3v) is 5.98. The Hall–Kier alpha value is -4.03. The number of hydrogen-bond donors (Lipinski definition) is 2. The maximum absolute atomic E-state index is 13.2. The Morgan fingerprint density at radius 2 is 1.61 bits per heavy atom. The van der Waals surface area contributed by atoms with E-state index in [1.54, 1.807) is 25.1 Å². The fourth-order valence-electron chi connectivity index (χ4n) is 3.53. The summed E-state index contributed by atoms with van der Waals surface area (Å²) in [6, 6.07) is 24.1. The lowest BCUT2D eigenvalue weighted by molar-refractivity contribution is -0.123. The quantitative estimate of drug-likeness (QED) is 0.237. The molecule has 0 unspecified atom stereocenters. The zero-order valence-electron chi connectivity index (χ0n) is 20.6. The number of benzene rings is 3. The van der Waals surface area contributed by atoms with E-state index < -0.39 is 5.41 Å². The van der Waals surface area contributed by atoms with Gasteiger partial charge in [-0.3, -0.25) is 9.59 Å². The SMILES string of the molecule is C/C(=N\NC(=O)c1cc(-c2ccccc2)nc2c(Cl)cccc12)c1ccc(NC(=O)C(C)(C)C)cc1. The highest BCUT2D eigenvalue weighted by atomic mass is 35.5. The molecule has 0 aliphatic rings. The highest BCUT2D eigenvalue weighted by Gasteiger charge is 2.21. The molecule has 6 nitrogen and oxygen atoms in total. The molecule has 0 atom stereocenters. The Morgan fingerprint density at radius 1 is 0.917 bits per heavy atom. The van der Waals surface area contributed by atoms with Crippen LogP contribution in [0.25, 0.3) is 22.2 Å². The lowest BCUT2D eigenvalue weighted by Gasteiger charge is -2.17. The number of nitrogens with zero attached hydrogens (tertiary/aromatic N) is 2. The number of hydrazone groups is 1. The minimum Gasteiger partial charge on any atom is -0.326 e. The second kappa shape index (κ2) is 10.3. The summed E-state index contributed by atoms with van der Waals surface area (Å²) in [5, 5.41) is 8.32. The molecule has 0 bridgehead atoms. The Labute approximate surface area is 215 Å². The molecule has 4 aromatic rings. The Bertz CT molecular complexity index is 1460. The third kappa shape index (κ3) is 5.61. The van der Waals surface area contributed by atoms with Crippen molar-refractivity contribution in [2.75, 3.05) is 5.32 Å². The molecule has 4 rings (SSSR count). The van der Waals surface area contributed by atoms with Crippen LogP contribution in [0.15, 0.2) is 84.0 Å². The number of pyridine rings is 1. The van der Waals surface area contributed by atoms with Crippen molar-refractivity contribution >= 4 is 45.7 Å². The molecule has 0 radical (unpaired) electrons. The molecular formula is C29H27ClN4O2. The average molecular weight is 499 g/mol. The van der Waals surface area contributed by atoms with Gasteiger partial charge in [-0.05, 0) is 36.8 Å². The normalized spacial score (nSPS) is 11.9. The van der Waals surface area contributed by atoms with Crippen LogP contribution >= 0.6 is 11.6 Å². The van der Waals surface area contributed by atoms with E-state index in [0.717, 1.165) is 11.1 Å². The van der Waals surface area contributed by atoms with Crippen molar-refractivity contribution in [2.24, 2.45) is 10.5 Å². The maximum atomic E-state index is 13.2. The van der Waals surface area contributed by atoms with Crippen LogP contribution in [0.3, 0.4) is 0 Å². The van der Waals surface area contributed by atoms with Gasteiger partial charge in [-0.25, -0.2) is 10.4 Å². The number of carbonyl (C=O) groups excluding carboxylic acids is 2. The number of hydrogen-bond acceptors (Lipinski definition) is 4. The van der Waals surface area contributed by atoms with E-state index in [-0.39, 0.29) is 11.8 Å². The van der Waals surface area contributed by atoms with Crippen LogP contribution < -0.4 is 10.7 Å². The number of carbonyl (C=O) groups is 2. The molecule has 2 N–H and O–H groups in total. The number of rotatable bonds is 5. The molecule has 0 fully saturated rings. The summed E-state index contributed by atoms with van der Waals surface area (Å²) >= 11 is 6.42. The first kappa shape index (κ1) is 25.1. The lowest BCUT2D eigenvalue weighted by atomic mass is 9.95. The van der Waals surface area contributed by atoms with Gasteiger partial charge < -0.3 is 5.32 Å². The molecule has 36 heavy (non-hydrogen) atoms. The van der Waals surface area contributed by atoms with E-state index in [1.807, 2.05) is 81.4 Å². The summed E-state index contributed by atoms with van der Waals surface area (Å²) in [5.74, 6) is -0.428. The third-order valence-electron chi connectivity index (χ3n) is 5.67. The van der Waals surface area contributed by atoms with Gasteiger partial charge in [-0.1, -0.05) is 87.0 Å². The number of amides is 2. The number of nitrogens with one attached hydrogen (secondary N) is 2. The van der Waals surface area contributed by atoms with E-state index in [4.69, 9.17) is 16.6 Å². The van der Waals surface area contributed by atoms with Crippen LogP contribution in [0.1, 0.15) is 43.6 Å². The van der Waals surface area contributed by atoms with Gasteiger partial charge >= 0.3 is 0 Å². The van der Waals surface area contributed by atoms with E-state index in [2.05, 4.69) is 15.8 Å². The summed E-state index contributed by atoms with van der Waals surface area (Å²) in [6.07, 6.45) is 0. The van der Waals surface area contributed by atoms with Crippen LogP contribution in [0, 0.1) is 5.41 Å². The molecule has 2 amide bonds. The van der Waals surface area contributed by atoms with E-state index in [9.17, 15) is 9.59 Å². The van der Waals surface area contributed by atoms with Crippen molar-refractivity contribution in [3.63, 3.8) is 0 Å². The smallest absolute Gasteiger partial charge is 0.272 e. The zero-order chi connectivity index (χ0) is 25.9. The van der Waals surface area contributed by atoms with Gasteiger partial charge in [0, 0.05) is 22.1 Å². The molecule has 3 aromatic carbocycles. The van der Waals surface area contributed by atoms with Gasteiger partial charge in [0.05, 0.1) is 27.5 Å². The minimum absolute atomic E-state index is 0.0625. The van der Waals surface area contributed by atoms with Gasteiger partial charge in [-0.15, -0.1) is 0 Å². The Kier molecular flexibility index (Phi) is 7.17. The number of anilines is 1. The largest absolute Gasteiger partial charge is 0.326 e. The molecule has 7 heteroatoms. The highest BCUT2D eigenvalue weighted by Crippen LogP contribution is 2.29. The van der Waals surface area contributed by atoms with Gasteiger partial charge in [0.25, 0.3) is 5.91 Å². The minimum atomic E-state index is -0.484. The Morgan fingerprint density at radius 3 is 2.28 bits per heavy atom. The van der Waals surface area contributed by atoms with Gasteiger partial charge in [-0.2, -0.15) is 5.10 Å². The van der Waals surface area contributed by atoms with Crippen molar-refractivity contribution in [1.82, 2.24) is 10.4 Å².